The number of hydrogen-bond donors (Lipinski definition) is 1. The fourth-order valence-electron chi connectivity index (χ4n) is 4.18. The second-order valence-electron chi connectivity index (χ2n) is 8.83. The van der Waals surface area contributed by atoms with E-state index in [1.165, 1.54) is 19.5 Å². The minimum Gasteiger partial charge on any atom is -0.357 e. The number of aliphatic imine (C=N–C) groups is 1. The fourth-order valence-corrected chi connectivity index (χ4v) is 4.18. The monoisotopic (exact) mass is 365 g/mol. The van der Waals surface area contributed by atoms with E-state index in [9.17, 15) is 4.79 Å². The van der Waals surface area contributed by atoms with E-state index in [0.29, 0.717) is 0 Å². The van der Waals surface area contributed by atoms with Crippen molar-refractivity contribution in [1.29, 1.82) is 0 Å². The van der Waals surface area contributed by atoms with Crippen molar-refractivity contribution in [3.63, 3.8) is 0 Å². The van der Waals surface area contributed by atoms with Crippen molar-refractivity contribution >= 4 is 11.9 Å². The Morgan fingerprint density at radius 3 is 2.12 bits per heavy atom. The third-order valence-electron chi connectivity index (χ3n) is 5.70. The van der Waals surface area contributed by atoms with Gasteiger partial charge in [-0.15, -0.1) is 0 Å². The number of carbonyl (C=O) groups is 1. The normalized spacial score (nSPS) is 26.2. The highest BCUT2D eigenvalue weighted by Crippen LogP contribution is 2.27. The van der Waals surface area contributed by atoms with Crippen LogP contribution in [0.25, 0.3) is 0 Å². The lowest BCUT2D eigenvalue weighted by molar-refractivity contribution is -0.130. The lowest BCUT2D eigenvalue weighted by Gasteiger charge is -2.44. The van der Waals surface area contributed by atoms with Gasteiger partial charge in [0.2, 0.25) is 5.91 Å². The zero-order chi connectivity index (χ0) is 19.3. The summed E-state index contributed by atoms with van der Waals surface area (Å²) in [6.07, 6.45) is 1.33. The molecule has 2 unspecified atom stereocenters. The summed E-state index contributed by atoms with van der Waals surface area (Å²) >= 11 is 0. The Bertz CT molecular complexity index is 486. The smallest absolute Gasteiger partial charge is 0.219 e. The number of amides is 1. The number of likely N-dealkylation sites (tertiary alicyclic amines) is 1. The Hall–Kier alpha value is -1.30. The molecule has 2 aliphatic rings. The SMILES string of the molecule is CCNC(=NCC(C)(C)N1CC(C)CC(C)C1)N1CCN(C(C)=O)CC1. The molecular formula is C20H39N5O. The van der Waals surface area contributed by atoms with Gasteiger partial charge in [0.25, 0.3) is 0 Å². The van der Waals surface area contributed by atoms with Crippen LogP contribution in [0.2, 0.25) is 0 Å². The van der Waals surface area contributed by atoms with Crippen LogP contribution in [-0.2, 0) is 4.79 Å². The summed E-state index contributed by atoms with van der Waals surface area (Å²) in [5.41, 5.74) is 0.0603. The van der Waals surface area contributed by atoms with Gasteiger partial charge in [0, 0.05) is 58.3 Å². The predicted octanol–water partition coefficient (Wildman–Crippen LogP) is 1.87. The van der Waals surface area contributed by atoms with E-state index in [0.717, 1.165) is 57.1 Å². The molecule has 26 heavy (non-hydrogen) atoms. The van der Waals surface area contributed by atoms with E-state index in [4.69, 9.17) is 4.99 Å². The maximum absolute atomic E-state index is 11.5. The van der Waals surface area contributed by atoms with Crippen LogP contribution in [0.3, 0.4) is 0 Å². The summed E-state index contributed by atoms with van der Waals surface area (Å²) in [6.45, 7) is 20.4. The molecule has 2 heterocycles. The molecule has 2 saturated heterocycles. The summed E-state index contributed by atoms with van der Waals surface area (Å²) in [6, 6.07) is 0. The topological polar surface area (TPSA) is 51.2 Å². The zero-order valence-corrected chi connectivity index (χ0v) is 17.7. The average Bonchev–Trinajstić information content (AvgIpc) is 2.58. The number of piperazine rings is 1. The highest BCUT2D eigenvalue weighted by Gasteiger charge is 2.33. The molecule has 0 aromatic heterocycles. The van der Waals surface area contributed by atoms with Gasteiger partial charge < -0.3 is 15.1 Å². The van der Waals surface area contributed by atoms with Crippen molar-refractivity contribution in [2.24, 2.45) is 16.8 Å². The molecule has 150 valence electrons. The molecule has 2 atom stereocenters. The molecule has 0 aromatic carbocycles. The van der Waals surface area contributed by atoms with Crippen LogP contribution in [0.1, 0.15) is 48.0 Å². The Kier molecular flexibility index (Phi) is 7.33. The number of nitrogens with one attached hydrogen (secondary N) is 1. The predicted molar refractivity (Wildman–Crippen MR) is 108 cm³/mol. The number of nitrogens with zero attached hydrogens (tertiary/aromatic N) is 4. The Balaban J connectivity index is 2.00. The molecule has 1 amide bonds. The summed E-state index contributed by atoms with van der Waals surface area (Å²) in [5.74, 6) is 2.67. The van der Waals surface area contributed by atoms with Crippen molar-refractivity contribution in [3.8, 4) is 0 Å². The minimum atomic E-state index is 0.0603. The standard InChI is InChI=1S/C20H39N5O/c1-7-21-19(24-10-8-23(9-11-24)18(4)26)22-15-20(5,6)25-13-16(2)12-17(3)14-25/h16-17H,7-15H2,1-6H3,(H,21,22). The van der Waals surface area contributed by atoms with Crippen molar-refractivity contribution in [2.45, 2.75) is 53.5 Å². The molecule has 6 nitrogen and oxygen atoms in total. The van der Waals surface area contributed by atoms with Crippen LogP contribution in [0.4, 0.5) is 0 Å². The first-order valence-electron chi connectivity index (χ1n) is 10.3. The van der Waals surface area contributed by atoms with Crippen LogP contribution in [0, 0.1) is 11.8 Å². The highest BCUT2D eigenvalue weighted by molar-refractivity contribution is 5.80. The van der Waals surface area contributed by atoms with Crippen LogP contribution < -0.4 is 5.32 Å². The largest absolute Gasteiger partial charge is 0.357 e. The summed E-state index contributed by atoms with van der Waals surface area (Å²) in [4.78, 5) is 23.4. The first-order chi connectivity index (χ1) is 12.2. The van der Waals surface area contributed by atoms with Gasteiger partial charge in [0.15, 0.2) is 5.96 Å². The third-order valence-corrected chi connectivity index (χ3v) is 5.70. The second kappa shape index (κ2) is 9.07. The number of carbonyl (C=O) groups excluding carboxylic acids is 1. The molecule has 0 bridgehead atoms. The second-order valence-corrected chi connectivity index (χ2v) is 8.83. The molecule has 0 aliphatic carbocycles. The quantitative estimate of drug-likeness (QED) is 0.610. The zero-order valence-electron chi connectivity index (χ0n) is 17.7. The number of piperidine rings is 1. The molecule has 1 N–H and O–H groups in total. The van der Waals surface area contributed by atoms with Crippen molar-refractivity contribution in [2.75, 3.05) is 52.4 Å². The average molecular weight is 366 g/mol. The molecule has 2 aliphatic heterocycles. The van der Waals surface area contributed by atoms with Gasteiger partial charge in [-0.05, 0) is 39.0 Å². The van der Waals surface area contributed by atoms with E-state index in [2.05, 4.69) is 49.7 Å². The number of hydrogen-bond acceptors (Lipinski definition) is 3. The molecule has 0 aromatic rings. The van der Waals surface area contributed by atoms with Gasteiger partial charge in [-0.1, -0.05) is 13.8 Å². The molecule has 0 radical (unpaired) electrons. The van der Waals surface area contributed by atoms with Crippen molar-refractivity contribution < 1.29 is 4.79 Å². The third kappa shape index (κ3) is 5.60. The van der Waals surface area contributed by atoms with Crippen LogP contribution in [-0.4, -0.2) is 84.5 Å². The Labute approximate surface area is 160 Å². The van der Waals surface area contributed by atoms with Gasteiger partial charge in [0.1, 0.15) is 0 Å². The number of rotatable bonds is 4. The van der Waals surface area contributed by atoms with Gasteiger partial charge in [-0.2, -0.15) is 0 Å². The van der Waals surface area contributed by atoms with Gasteiger partial charge >= 0.3 is 0 Å². The minimum absolute atomic E-state index is 0.0603. The molecule has 2 fully saturated rings. The first kappa shape index (κ1) is 21.0. The van der Waals surface area contributed by atoms with Crippen LogP contribution in [0.15, 0.2) is 4.99 Å². The lowest BCUT2D eigenvalue weighted by Crippen LogP contribution is -2.55. The van der Waals surface area contributed by atoms with Gasteiger partial charge in [-0.3, -0.25) is 14.7 Å². The highest BCUT2D eigenvalue weighted by atomic mass is 16.2. The van der Waals surface area contributed by atoms with E-state index in [-0.39, 0.29) is 11.4 Å². The maximum Gasteiger partial charge on any atom is 0.219 e. The van der Waals surface area contributed by atoms with Crippen molar-refractivity contribution in [1.82, 2.24) is 20.0 Å². The molecular weight excluding hydrogens is 326 g/mol. The Morgan fingerprint density at radius 2 is 1.62 bits per heavy atom. The van der Waals surface area contributed by atoms with E-state index < -0.39 is 0 Å². The molecule has 6 heteroatoms. The maximum atomic E-state index is 11.5. The summed E-state index contributed by atoms with van der Waals surface area (Å²) in [7, 11) is 0. The van der Waals surface area contributed by atoms with Crippen LogP contribution in [0.5, 0.6) is 0 Å². The van der Waals surface area contributed by atoms with Crippen LogP contribution >= 0.6 is 0 Å². The first-order valence-corrected chi connectivity index (χ1v) is 10.3. The fraction of sp³-hybridized carbons (Fsp3) is 0.900. The van der Waals surface area contributed by atoms with Gasteiger partial charge in [-0.25, -0.2) is 0 Å². The Morgan fingerprint density at radius 1 is 1.08 bits per heavy atom. The van der Waals surface area contributed by atoms with E-state index in [1.54, 1.807) is 6.92 Å². The van der Waals surface area contributed by atoms with E-state index >= 15 is 0 Å². The van der Waals surface area contributed by atoms with Gasteiger partial charge in [0.05, 0.1) is 6.54 Å². The lowest BCUT2D eigenvalue weighted by atomic mass is 9.88. The van der Waals surface area contributed by atoms with E-state index in [1.807, 2.05) is 4.90 Å². The summed E-state index contributed by atoms with van der Waals surface area (Å²) in [5, 5.41) is 3.44. The number of guanidine groups is 1. The van der Waals surface area contributed by atoms with Crippen molar-refractivity contribution in [3.05, 3.63) is 0 Å². The molecule has 0 saturated carbocycles. The summed E-state index contributed by atoms with van der Waals surface area (Å²) < 4.78 is 0. The molecule has 0 spiro atoms. The molecule has 2 rings (SSSR count).